The monoisotopic (exact) mass is 166 g/mol. The summed E-state index contributed by atoms with van der Waals surface area (Å²) in [6.07, 6.45) is 4.63. The summed E-state index contributed by atoms with van der Waals surface area (Å²) < 4.78 is 0. The first-order chi connectivity index (χ1) is 5.43. The van der Waals surface area contributed by atoms with E-state index in [1.165, 1.54) is 11.1 Å². The van der Waals surface area contributed by atoms with Crippen LogP contribution in [0.1, 0.15) is 41.5 Å². The summed E-state index contributed by atoms with van der Waals surface area (Å²) in [5.41, 5.74) is 2.83. The Morgan fingerprint density at radius 1 is 0.750 bits per heavy atom. The van der Waals surface area contributed by atoms with Crippen molar-refractivity contribution in [1.82, 2.24) is 0 Å². The van der Waals surface area contributed by atoms with Gasteiger partial charge in [0.05, 0.1) is 0 Å². The van der Waals surface area contributed by atoms with Crippen molar-refractivity contribution in [1.29, 1.82) is 0 Å². The van der Waals surface area contributed by atoms with Crippen molar-refractivity contribution in [2.24, 2.45) is 11.8 Å². The number of hydrogen-bond acceptors (Lipinski definition) is 0. The Hall–Kier alpha value is -0.520. The molecule has 0 saturated carbocycles. The number of hydrogen-bond donors (Lipinski definition) is 0. The van der Waals surface area contributed by atoms with Crippen molar-refractivity contribution in [2.45, 2.75) is 41.5 Å². The van der Waals surface area contributed by atoms with Gasteiger partial charge in [-0.3, -0.25) is 0 Å². The van der Waals surface area contributed by atoms with Gasteiger partial charge in [-0.05, 0) is 25.7 Å². The maximum atomic E-state index is 2.31. The topological polar surface area (TPSA) is 0 Å². The Labute approximate surface area is 77.4 Å². The van der Waals surface area contributed by atoms with Gasteiger partial charge in [-0.25, -0.2) is 0 Å². The van der Waals surface area contributed by atoms with E-state index in [4.69, 9.17) is 0 Å². The average Bonchev–Trinajstić information content (AvgIpc) is 1.84. The van der Waals surface area contributed by atoms with E-state index < -0.39 is 0 Å². The summed E-state index contributed by atoms with van der Waals surface area (Å²) in [5, 5.41) is 0. The fourth-order valence-electron chi connectivity index (χ4n) is 1.26. The zero-order chi connectivity index (χ0) is 9.72. The molecule has 0 fully saturated rings. The van der Waals surface area contributed by atoms with Crippen LogP contribution in [0.2, 0.25) is 0 Å². The van der Waals surface area contributed by atoms with E-state index in [0.29, 0.717) is 11.8 Å². The minimum atomic E-state index is 0.653. The predicted octanol–water partition coefficient (Wildman–Crippen LogP) is 4.19. The Bertz CT molecular complexity index is 158. The van der Waals surface area contributed by atoms with Gasteiger partial charge in [0, 0.05) is 0 Å². The third-order valence-corrected chi connectivity index (χ3v) is 1.79. The van der Waals surface area contributed by atoms with Crippen molar-refractivity contribution in [3.63, 3.8) is 0 Å². The number of allylic oxidation sites excluding steroid dienone is 4. The molecule has 0 aromatic rings. The molecule has 12 heavy (non-hydrogen) atoms. The SMILES string of the molecule is CC(=CC(C)C)C(C)=CC(C)C. The van der Waals surface area contributed by atoms with Crippen LogP contribution in [0.3, 0.4) is 0 Å². The maximum Gasteiger partial charge on any atom is -0.0285 e. The van der Waals surface area contributed by atoms with Crippen molar-refractivity contribution in [3.8, 4) is 0 Å². The quantitative estimate of drug-likeness (QED) is 0.551. The van der Waals surface area contributed by atoms with Gasteiger partial charge < -0.3 is 0 Å². The van der Waals surface area contributed by atoms with Crippen LogP contribution in [-0.4, -0.2) is 0 Å². The van der Waals surface area contributed by atoms with Gasteiger partial charge in [-0.15, -0.1) is 0 Å². The van der Waals surface area contributed by atoms with Crippen LogP contribution in [0, 0.1) is 11.8 Å². The summed E-state index contributed by atoms with van der Waals surface area (Å²) in [6.45, 7) is 13.2. The molecular formula is C12H22. The minimum Gasteiger partial charge on any atom is -0.0788 e. The molecule has 0 rings (SSSR count). The average molecular weight is 166 g/mol. The normalized spacial score (nSPS) is 14.7. The summed E-state index contributed by atoms with van der Waals surface area (Å²) in [6, 6.07) is 0. The molecule has 0 heterocycles. The molecular weight excluding hydrogens is 144 g/mol. The second-order valence-electron chi connectivity index (χ2n) is 4.19. The second kappa shape index (κ2) is 5.18. The van der Waals surface area contributed by atoms with Crippen LogP contribution < -0.4 is 0 Å². The first-order valence-corrected chi connectivity index (χ1v) is 4.80. The molecule has 0 bridgehead atoms. The third-order valence-electron chi connectivity index (χ3n) is 1.79. The molecule has 0 aliphatic heterocycles. The molecule has 0 aromatic carbocycles. The van der Waals surface area contributed by atoms with Gasteiger partial charge in [0.1, 0.15) is 0 Å². The van der Waals surface area contributed by atoms with Crippen LogP contribution >= 0.6 is 0 Å². The van der Waals surface area contributed by atoms with E-state index in [1.54, 1.807) is 0 Å². The van der Waals surface area contributed by atoms with Crippen LogP contribution in [0.5, 0.6) is 0 Å². The van der Waals surface area contributed by atoms with E-state index in [0.717, 1.165) is 0 Å². The van der Waals surface area contributed by atoms with E-state index in [-0.39, 0.29) is 0 Å². The summed E-state index contributed by atoms with van der Waals surface area (Å²) >= 11 is 0. The molecule has 0 aromatic heterocycles. The molecule has 0 spiro atoms. The Kier molecular flexibility index (Phi) is 4.96. The van der Waals surface area contributed by atoms with Crippen LogP contribution in [-0.2, 0) is 0 Å². The molecule has 0 aliphatic rings. The standard InChI is InChI=1S/C12H22/c1-9(2)7-11(5)12(6)8-10(3)4/h7-10H,1-6H3. The molecule has 0 nitrogen and oxygen atoms in total. The lowest BCUT2D eigenvalue weighted by atomic mass is 10.0. The van der Waals surface area contributed by atoms with Crippen molar-refractivity contribution < 1.29 is 0 Å². The Balaban J connectivity index is 4.38. The molecule has 0 atom stereocenters. The molecule has 70 valence electrons. The first kappa shape index (κ1) is 11.5. The smallest absolute Gasteiger partial charge is 0.0285 e. The van der Waals surface area contributed by atoms with Crippen LogP contribution in [0.4, 0.5) is 0 Å². The fraction of sp³-hybridized carbons (Fsp3) is 0.667. The molecule has 0 aliphatic carbocycles. The molecule has 0 amide bonds. The van der Waals surface area contributed by atoms with Crippen molar-refractivity contribution >= 4 is 0 Å². The highest BCUT2D eigenvalue weighted by atomic mass is 14.0. The lowest BCUT2D eigenvalue weighted by Gasteiger charge is -2.05. The fourth-order valence-corrected chi connectivity index (χ4v) is 1.26. The summed E-state index contributed by atoms with van der Waals surface area (Å²) in [4.78, 5) is 0. The van der Waals surface area contributed by atoms with Gasteiger partial charge in [0.15, 0.2) is 0 Å². The van der Waals surface area contributed by atoms with E-state index in [1.807, 2.05) is 0 Å². The maximum absolute atomic E-state index is 2.31. The van der Waals surface area contributed by atoms with Gasteiger partial charge in [-0.2, -0.15) is 0 Å². The van der Waals surface area contributed by atoms with E-state index in [9.17, 15) is 0 Å². The predicted molar refractivity (Wildman–Crippen MR) is 57.2 cm³/mol. The highest BCUT2D eigenvalue weighted by molar-refractivity contribution is 5.27. The Morgan fingerprint density at radius 2 is 1.00 bits per heavy atom. The molecule has 0 heteroatoms. The van der Waals surface area contributed by atoms with Crippen molar-refractivity contribution in [2.75, 3.05) is 0 Å². The minimum absolute atomic E-state index is 0.653. The van der Waals surface area contributed by atoms with Gasteiger partial charge in [-0.1, -0.05) is 51.0 Å². The highest BCUT2D eigenvalue weighted by Gasteiger charge is 1.96. The molecule has 0 N–H and O–H groups in total. The lowest BCUT2D eigenvalue weighted by molar-refractivity contribution is 0.810. The van der Waals surface area contributed by atoms with Crippen molar-refractivity contribution in [3.05, 3.63) is 23.3 Å². The van der Waals surface area contributed by atoms with Crippen LogP contribution in [0.15, 0.2) is 23.3 Å². The molecule has 0 saturated heterocycles. The zero-order valence-electron chi connectivity index (χ0n) is 9.31. The zero-order valence-corrected chi connectivity index (χ0v) is 9.31. The first-order valence-electron chi connectivity index (χ1n) is 4.80. The van der Waals surface area contributed by atoms with Gasteiger partial charge in [0.25, 0.3) is 0 Å². The largest absolute Gasteiger partial charge is 0.0788 e. The van der Waals surface area contributed by atoms with E-state index in [2.05, 4.69) is 53.7 Å². The third kappa shape index (κ3) is 5.17. The van der Waals surface area contributed by atoms with Crippen LogP contribution in [0.25, 0.3) is 0 Å². The second-order valence-corrected chi connectivity index (χ2v) is 4.19. The summed E-state index contributed by atoms with van der Waals surface area (Å²) in [7, 11) is 0. The Morgan fingerprint density at radius 3 is 1.17 bits per heavy atom. The van der Waals surface area contributed by atoms with Gasteiger partial charge >= 0.3 is 0 Å². The highest BCUT2D eigenvalue weighted by Crippen LogP contribution is 2.13. The molecule has 0 radical (unpaired) electrons. The number of rotatable bonds is 3. The lowest BCUT2D eigenvalue weighted by Crippen LogP contribution is -1.88. The molecule has 0 unspecified atom stereocenters. The van der Waals surface area contributed by atoms with E-state index >= 15 is 0 Å². The summed E-state index contributed by atoms with van der Waals surface area (Å²) in [5.74, 6) is 1.31. The van der Waals surface area contributed by atoms with Gasteiger partial charge in [0.2, 0.25) is 0 Å².